The molecule has 2 rings (SSSR count). The lowest BCUT2D eigenvalue weighted by Gasteiger charge is -1.99. The van der Waals surface area contributed by atoms with E-state index in [9.17, 15) is 9.18 Å². The minimum atomic E-state index is -0.249. The maximum absolute atomic E-state index is 12.6. The lowest BCUT2D eigenvalue weighted by Crippen LogP contribution is -1.83. The van der Waals surface area contributed by atoms with Gasteiger partial charge in [-0.1, -0.05) is 23.9 Å². The van der Waals surface area contributed by atoms with Gasteiger partial charge >= 0.3 is 0 Å². The topological polar surface area (TPSA) is 17.1 Å². The molecule has 13 heavy (non-hydrogen) atoms. The number of benzene rings is 1. The minimum absolute atomic E-state index is 0.0827. The van der Waals surface area contributed by atoms with Crippen LogP contribution in [0.5, 0.6) is 0 Å². The molecule has 0 saturated carbocycles. The first-order chi connectivity index (χ1) is 6.25. The van der Waals surface area contributed by atoms with E-state index >= 15 is 0 Å². The molecule has 0 saturated heterocycles. The molecule has 0 radical (unpaired) electrons. The fourth-order valence-electron chi connectivity index (χ4n) is 1.21. The van der Waals surface area contributed by atoms with Crippen LogP contribution in [0.2, 0.25) is 0 Å². The van der Waals surface area contributed by atoms with E-state index in [0.29, 0.717) is 5.75 Å². The predicted molar refractivity (Wildman–Crippen MR) is 51.8 cm³/mol. The van der Waals surface area contributed by atoms with Gasteiger partial charge in [0, 0.05) is 5.75 Å². The highest BCUT2D eigenvalue weighted by atomic mass is 32.2. The van der Waals surface area contributed by atoms with Gasteiger partial charge in [0.2, 0.25) is 5.12 Å². The summed E-state index contributed by atoms with van der Waals surface area (Å²) < 4.78 is 12.6. The molecule has 0 atom stereocenters. The number of rotatable bonds is 1. The number of hydrogen-bond donors (Lipinski definition) is 0. The highest BCUT2D eigenvalue weighted by Gasteiger charge is 2.13. The van der Waals surface area contributed by atoms with Crippen molar-refractivity contribution in [1.82, 2.24) is 0 Å². The zero-order valence-electron chi connectivity index (χ0n) is 6.79. The Morgan fingerprint density at radius 1 is 1.23 bits per heavy atom. The SMILES string of the molecule is O=C1C=C(c2ccc(F)cc2)CS1. The van der Waals surface area contributed by atoms with E-state index in [0.717, 1.165) is 11.1 Å². The minimum Gasteiger partial charge on any atom is -0.282 e. The van der Waals surface area contributed by atoms with Gasteiger partial charge in [-0.3, -0.25) is 4.79 Å². The van der Waals surface area contributed by atoms with Crippen LogP contribution < -0.4 is 0 Å². The second-order valence-corrected chi connectivity index (χ2v) is 3.76. The van der Waals surface area contributed by atoms with Gasteiger partial charge in [-0.2, -0.15) is 0 Å². The molecule has 3 heteroatoms. The molecule has 1 aromatic rings. The Hall–Kier alpha value is -1.09. The number of halogens is 1. The molecule has 0 bridgehead atoms. The van der Waals surface area contributed by atoms with Crippen LogP contribution >= 0.6 is 11.8 Å². The Kier molecular flexibility index (Phi) is 2.19. The summed E-state index contributed by atoms with van der Waals surface area (Å²) in [5, 5.41) is 0.0827. The van der Waals surface area contributed by atoms with Crippen LogP contribution in [0.15, 0.2) is 30.3 Å². The summed E-state index contributed by atoms with van der Waals surface area (Å²) in [5.74, 6) is 0.450. The monoisotopic (exact) mass is 194 g/mol. The van der Waals surface area contributed by atoms with Crippen molar-refractivity contribution in [2.45, 2.75) is 0 Å². The van der Waals surface area contributed by atoms with Crippen molar-refractivity contribution >= 4 is 22.5 Å². The predicted octanol–water partition coefficient (Wildman–Crippen LogP) is 2.48. The van der Waals surface area contributed by atoms with Gasteiger partial charge in [0.05, 0.1) is 0 Å². The number of thioether (sulfide) groups is 1. The van der Waals surface area contributed by atoms with Crippen LogP contribution in [0.4, 0.5) is 4.39 Å². The largest absolute Gasteiger partial charge is 0.282 e. The molecule has 1 aliphatic rings. The molecule has 0 spiro atoms. The quantitative estimate of drug-likeness (QED) is 0.683. The molecule has 0 amide bonds. The fourth-order valence-corrected chi connectivity index (χ4v) is 1.98. The summed E-state index contributed by atoms with van der Waals surface area (Å²) in [5.41, 5.74) is 1.91. The van der Waals surface area contributed by atoms with Crippen LogP contribution in [0.1, 0.15) is 5.56 Å². The van der Waals surface area contributed by atoms with Crippen molar-refractivity contribution in [3.63, 3.8) is 0 Å². The Morgan fingerprint density at radius 2 is 1.92 bits per heavy atom. The molecular weight excluding hydrogens is 187 g/mol. The molecule has 1 aromatic carbocycles. The molecule has 0 aliphatic carbocycles. The van der Waals surface area contributed by atoms with Crippen LogP contribution in [-0.4, -0.2) is 10.9 Å². The van der Waals surface area contributed by atoms with E-state index in [-0.39, 0.29) is 10.9 Å². The first kappa shape index (κ1) is 8.51. The van der Waals surface area contributed by atoms with Crippen molar-refractivity contribution in [3.8, 4) is 0 Å². The van der Waals surface area contributed by atoms with Crippen molar-refractivity contribution in [3.05, 3.63) is 41.7 Å². The van der Waals surface area contributed by atoms with Crippen LogP contribution in [0.3, 0.4) is 0 Å². The Morgan fingerprint density at radius 3 is 2.46 bits per heavy atom. The zero-order chi connectivity index (χ0) is 9.26. The fraction of sp³-hybridized carbons (Fsp3) is 0.100. The van der Waals surface area contributed by atoms with Gasteiger partial charge in [0.1, 0.15) is 5.82 Å². The average molecular weight is 194 g/mol. The van der Waals surface area contributed by atoms with Gasteiger partial charge in [-0.05, 0) is 29.3 Å². The molecule has 1 nitrogen and oxygen atoms in total. The Balaban J connectivity index is 2.31. The highest BCUT2D eigenvalue weighted by Crippen LogP contribution is 2.27. The lowest BCUT2D eigenvalue weighted by atomic mass is 10.1. The van der Waals surface area contributed by atoms with E-state index < -0.39 is 0 Å². The molecular formula is C10H7FOS. The Bertz CT molecular complexity index is 367. The van der Waals surface area contributed by atoms with E-state index in [1.165, 1.54) is 23.9 Å². The molecule has 66 valence electrons. The standard InChI is InChI=1S/C10H7FOS/c11-9-3-1-7(2-4-9)8-5-10(12)13-6-8/h1-5H,6H2. The normalized spacial score (nSPS) is 16.1. The maximum atomic E-state index is 12.6. The second kappa shape index (κ2) is 3.34. The third-order valence-electron chi connectivity index (χ3n) is 1.88. The summed E-state index contributed by atoms with van der Waals surface area (Å²) in [6.07, 6.45) is 1.61. The number of hydrogen-bond acceptors (Lipinski definition) is 2. The van der Waals surface area contributed by atoms with E-state index in [1.807, 2.05) is 0 Å². The zero-order valence-corrected chi connectivity index (χ0v) is 7.60. The van der Waals surface area contributed by atoms with Gasteiger partial charge in [0.15, 0.2) is 0 Å². The second-order valence-electron chi connectivity index (χ2n) is 2.78. The third kappa shape index (κ3) is 1.80. The summed E-state index contributed by atoms with van der Waals surface area (Å²) in [4.78, 5) is 10.9. The molecule has 1 heterocycles. The van der Waals surface area contributed by atoms with Crippen molar-refractivity contribution in [2.24, 2.45) is 0 Å². The summed E-state index contributed by atoms with van der Waals surface area (Å²) in [7, 11) is 0. The van der Waals surface area contributed by atoms with Crippen molar-refractivity contribution in [2.75, 3.05) is 5.75 Å². The van der Waals surface area contributed by atoms with Crippen LogP contribution in [-0.2, 0) is 4.79 Å². The van der Waals surface area contributed by atoms with Gasteiger partial charge in [-0.25, -0.2) is 4.39 Å². The van der Waals surface area contributed by atoms with Gasteiger partial charge in [-0.15, -0.1) is 0 Å². The first-order valence-electron chi connectivity index (χ1n) is 3.89. The third-order valence-corrected chi connectivity index (χ3v) is 2.73. The number of carbonyl (C=O) groups excluding carboxylic acids is 1. The van der Waals surface area contributed by atoms with Crippen LogP contribution in [0.25, 0.3) is 5.57 Å². The van der Waals surface area contributed by atoms with Crippen molar-refractivity contribution in [1.29, 1.82) is 0 Å². The lowest BCUT2D eigenvalue weighted by molar-refractivity contribution is -0.106. The van der Waals surface area contributed by atoms with Crippen LogP contribution in [0, 0.1) is 5.82 Å². The summed E-state index contributed by atoms with van der Waals surface area (Å²) >= 11 is 1.28. The summed E-state index contributed by atoms with van der Waals surface area (Å²) in [6.45, 7) is 0. The van der Waals surface area contributed by atoms with E-state index in [1.54, 1.807) is 18.2 Å². The summed E-state index contributed by atoms with van der Waals surface area (Å²) in [6, 6.07) is 6.20. The molecule has 0 aromatic heterocycles. The maximum Gasteiger partial charge on any atom is 0.212 e. The molecule has 0 fully saturated rings. The highest BCUT2D eigenvalue weighted by molar-refractivity contribution is 8.14. The van der Waals surface area contributed by atoms with Gasteiger partial charge in [0.25, 0.3) is 0 Å². The molecule has 1 aliphatic heterocycles. The van der Waals surface area contributed by atoms with Gasteiger partial charge < -0.3 is 0 Å². The van der Waals surface area contributed by atoms with E-state index in [4.69, 9.17) is 0 Å². The first-order valence-corrected chi connectivity index (χ1v) is 4.87. The Labute approximate surface area is 79.6 Å². The molecule has 0 unspecified atom stereocenters. The van der Waals surface area contributed by atoms with Crippen molar-refractivity contribution < 1.29 is 9.18 Å². The van der Waals surface area contributed by atoms with E-state index in [2.05, 4.69) is 0 Å². The number of carbonyl (C=O) groups is 1. The average Bonchev–Trinajstić information content (AvgIpc) is 2.53. The molecule has 0 N–H and O–H groups in total. The smallest absolute Gasteiger partial charge is 0.212 e.